The van der Waals surface area contributed by atoms with Crippen molar-refractivity contribution in [1.29, 1.82) is 0 Å². The smallest absolute Gasteiger partial charge is 0.338 e. The van der Waals surface area contributed by atoms with Gasteiger partial charge in [-0.1, -0.05) is 30.3 Å². The molecule has 3 rings (SSSR count). The fraction of sp³-hybridized carbons (Fsp3) is 0.0870. The summed E-state index contributed by atoms with van der Waals surface area (Å²) in [5, 5.41) is 5.28. The van der Waals surface area contributed by atoms with Crippen LogP contribution in [0, 0.1) is 0 Å². The minimum absolute atomic E-state index is 0.0390. The third-order valence-electron chi connectivity index (χ3n) is 4.00. The molecule has 0 bridgehead atoms. The van der Waals surface area contributed by atoms with Gasteiger partial charge < -0.3 is 19.8 Å². The number of hydrogen-bond acceptors (Lipinski definition) is 5. The van der Waals surface area contributed by atoms with E-state index in [4.69, 9.17) is 9.15 Å². The zero-order valence-electron chi connectivity index (χ0n) is 16.3. The number of rotatable bonds is 7. The van der Waals surface area contributed by atoms with Crippen molar-refractivity contribution in [2.45, 2.75) is 6.92 Å². The summed E-state index contributed by atoms with van der Waals surface area (Å²) in [5.74, 6) is -1.43. The van der Waals surface area contributed by atoms with Gasteiger partial charge in [-0.3, -0.25) is 9.59 Å². The van der Waals surface area contributed by atoms with Crippen molar-refractivity contribution in [3.63, 3.8) is 0 Å². The van der Waals surface area contributed by atoms with Crippen LogP contribution in [0.5, 0.6) is 0 Å². The summed E-state index contributed by atoms with van der Waals surface area (Å²) in [6.07, 6.45) is 2.93. The second-order valence-electron chi connectivity index (χ2n) is 6.15. The van der Waals surface area contributed by atoms with E-state index in [0.29, 0.717) is 11.3 Å². The molecular formula is C23H20N2O5. The highest BCUT2D eigenvalue weighted by molar-refractivity contribution is 6.10. The minimum atomic E-state index is -0.546. The van der Waals surface area contributed by atoms with Crippen LogP contribution in [0.2, 0.25) is 0 Å². The van der Waals surface area contributed by atoms with E-state index in [1.54, 1.807) is 55.5 Å². The van der Waals surface area contributed by atoms with E-state index in [-0.39, 0.29) is 18.1 Å². The maximum atomic E-state index is 12.8. The molecule has 7 nitrogen and oxygen atoms in total. The van der Waals surface area contributed by atoms with Crippen molar-refractivity contribution < 1.29 is 23.5 Å². The summed E-state index contributed by atoms with van der Waals surface area (Å²) < 4.78 is 10.0. The van der Waals surface area contributed by atoms with Gasteiger partial charge in [-0.2, -0.15) is 0 Å². The van der Waals surface area contributed by atoms with Crippen LogP contribution in [-0.2, 0) is 9.53 Å². The number of carbonyl (C=O) groups is 3. The van der Waals surface area contributed by atoms with Crippen LogP contribution in [-0.4, -0.2) is 24.4 Å². The average Bonchev–Trinajstić information content (AvgIpc) is 3.30. The van der Waals surface area contributed by atoms with Crippen LogP contribution in [0.4, 0.5) is 5.69 Å². The second-order valence-corrected chi connectivity index (χ2v) is 6.15. The van der Waals surface area contributed by atoms with Crippen molar-refractivity contribution in [2.24, 2.45) is 0 Å². The highest BCUT2D eigenvalue weighted by Crippen LogP contribution is 2.13. The Bertz CT molecular complexity index is 1040. The maximum absolute atomic E-state index is 12.8. The Labute approximate surface area is 173 Å². The number of nitrogens with one attached hydrogen (secondary N) is 2. The molecule has 1 heterocycles. The molecule has 1 aromatic heterocycles. The lowest BCUT2D eigenvalue weighted by Crippen LogP contribution is -2.30. The molecule has 0 aliphatic rings. The minimum Gasteiger partial charge on any atom is -0.462 e. The summed E-state index contributed by atoms with van der Waals surface area (Å²) in [7, 11) is 0. The predicted octanol–water partition coefficient (Wildman–Crippen LogP) is 3.87. The molecule has 2 N–H and O–H groups in total. The van der Waals surface area contributed by atoms with E-state index in [9.17, 15) is 14.4 Å². The molecule has 0 aliphatic carbocycles. The van der Waals surface area contributed by atoms with Crippen molar-refractivity contribution in [3.05, 3.63) is 95.6 Å². The number of hydrogen-bond donors (Lipinski definition) is 2. The molecule has 2 amide bonds. The first-order chi connectivity index (χ1) is 14.6. The van der Waals surface area contributed by atoms with Gasteiger partial charge in [-0.15, -0.1) is 0 Å². The first-order valence-corrected chi connectivity index (χ1v) is 9.27. The van der Waals surface area contributed by atoms with Gasteiger partial charge in [0.2, 0.25) is 0 Å². The molecule has 0 fully saturated rings. The van der Waals surface area contributed by atoms with Crippen LogP contribution in [0.15, 0.2) is 83.1 Å². The number of ether oxygens (including phenoxy) is 1. The molecule has 0 saturated heterocycles. The van der Waals surface area contributed by atoms with Crippen molar-refractivity contribution in [3.8, 4) is 0 Å². The van der Waals surface area contributed by atoms with Gasteiger partial charge in [-0.25, -0.2) is 4.79 Å². The Balaban J connectivity index is 1.78. The SMILES string of the molecule is CCOC(=O)c1ccc(NC(=O)/C(=C/c2ccccc2)NC(=O)c2ccco2)cc1. The molecule has 0 saturated carbocycles. The molecule has 0 spiro atoms. The van der Waals surface area contributed by atoms with E-state index in [2.05, 4.69) is 10.6 Å². The molecule has 30 heavy (non-hydrogen) atoms. The van der Waals surface area contributed by atoms with E-state index in [1.807, 2.05) is 18.2 Å². The number of anilines is 1. The highest BCUT2D eigenvalue weighted by Gasteiger charge is 2.17. The Morgan fingerprint density at radius 3 is 2.33 bits per heavy atom. The van der Waals surface area contributed by atoms with Gasteiger partial charge in [-0.05, 0) is 55.0 Å². The fourth-order valence-electron chi connectivity index (χ4n) is 2.57. The molecule has 2 aromatic carbocycles. The molecule has 152 valence electrons. The Kier molecular flexibility index (Phi) is 6.78. The lowest BCUT2D eigenvalue weighted by molar-refractivity contribution is -0.113. The lowest BCUT2D eigenvalue weighted by Gasteiger charge is -2.11. The van der Waals surface area contributed by atoms with Crippen LogP contribution in [0.1, 0.15) is 33.4 Å². The zero-order valence-corrected chi connectivity index (χ0v) is 16.3. The van der Waals surface area contributed by atoms with Gasteiger partial charge in [0.1, 0.15) is 5.70 Å². The molecule has 7 heteroatoms. The largest absolute Gasteiger partial charge is 0.462 e. The summed E-state index contributed by atoms with van der Waals surface area (Å²) in [6, 6.07) is 18.5. The van der Waals surface area contributed by atoms with Crippen molar-refractivity contribution >= 4 is 29.5 Å². The van der Waals surface area contributed by atoms with Crippen LogP contribution < -0.4 is 10.6 Å². The van der Waals surface area contributed by atoms with Crippen molar-refractivity contribution in [1.82, 2.24) is 5.32 Å². The second kappa shape index (κ2) is 9.88. The quantitative estimate of drug-likeness (QED) is 0.460. The maximum Gasteiger partial charge on any atom is 0.338 e. The Hall–Kier alpha value is -4.13. The number of carbonyl (C=O) groups excluding carboxylic acids is 3. The van der Waals surface area contributed by atoms with E-state index >= 15 is 0 Å². The third kappa shape index (κ3) is 5.45. The fourth-order valence-corrected chi connectivity index (χ4v) is 2.57. The monoisotopic (exact) mass is 404 g/mol. The molecular weight excluding hydrogens is 384 g/mol. The number of amides is 2. The molecule has 0 radical (unpaired) electrons. The van der Waals surface area contributed by atoms with Gasteiger partial charge in [0.05, 0.1) is 18.4 Å². The highest BCUT2D eigenvalue weighted by atomic mass is 16.5. The van der Waals surface area contributed by atoms with E-state index in [1.165, 1.54) is 12.3 Å². The summed E-state index contributed by atoms with van der Waals surface area (Å²) >= 11 is 0. The van der Waals surface area contributed by atoms with Gasteiger partial charge in [0.25, 0.3) is 11.8 Å². The topological polar surface area (TPSA) is 97.6 Å². The van der Waals surface area contributed by atoms with Crippen LogP contribution >= 0.6 is 0 Å². The Morgan fingerprint density at radius 2 is 1.70 bits per heavy atom. The average molecular weight is 404 g/mol. The standard InChI is InChI=1S/C23H20N2O5/c1-2-29-23(28)17-10-12-18(13-11-17)24-21(26)19(15-16-7-4-3-5-8-16)25-22(27)20-9-6-14-30-20/h3-15H,2H2,1H3,(H,24,26)(H,25,27)/b19-15-. The third-order valence-corrected chi connectivity index (χ3v) is 4.00. The summed E-state index contributed by atoms with van der Waals surface area (Å²) in [5.41, 5.74) is 1.61. The summed E-state index contributed by atoms with van der Waals surface area (Å²) in [6.45, 7) is 2.00. The first kappa shape index (κ1) is 20.6. The molecule has 3 aromatic rings. The van der Waals surface area contributed by atoms with Crippen LogP contribution in [0.25, 0.3) is 6.08 Å². The predicted molar refractivity (Wildman–Crippen MR) is 112 cm³/mol. The normalized spacial score (nSPS) is 10.9. The van der Waals surface area contributed by atoms with Crippen LogP contribution in [0.3, 0.4) is 0 Å². The molecule has 0 atom stereocenters. The van der Waals surface area contributed by atoms with Crippen molar-refractivity contribution in [2.75, 3.05) is 11.9 Å². The summed E-state index contributed by atoms with van der Waals surface area (Å²) in [4.78, 5) is 36.9. The van der Waals surface area contributed by atoms with Gasteiger partial charge in [0, 0.05) is 5.69 Å². The number of benzene rings is 2. The molecule has 0 unspecified atom stereocenters. The Morgan fingerprint density at radius 1 is 0.967 bits per heavy atom. The van der Waals surface area contributed by atoms with Gasteiger partial charge >= 0.3 is 5.97 Å². The van der Waals surface area contributed by atoms with Gasteiger partial charge in [0.15, 0.2) is 5.76 Å². The number of esters is 1. The lowest BCUT2D eigenvalue weighted by atomic mass is 10.1. The first-order valence-electron chi connectivity index (χ1n) is 9.27. The van der Waals surface area contributed by atoms with E-state index < -0.39 is 17.8 Å². The molecule has 0 aliphatic heterocycles. The zero-order chi connectivity index (χ0) is 21.3. The van der Waals surface area contributed by atoms with E-state index in [0.717, 1.165) is 5.56 Å². The number of furan rings is 1.